The van der Waals surface area contributed by atoms with E-state index in [2.05, 4.69) is 15.3 Å². The van der Waals surface area contributed by atoms with Gasteiger partial charge in [0, 0.05) is 42.7 Å². The Balaban J connectivity index is 0.00000242. The van der Waals surface area contributed by atoms with Crippen LogP contribution in [0.4, 0.5) is 0 Å². The van der Waals surface area contributed by atoms with Crippen molar-refractivity contribution in [2.75, 3.05) is 25.1 Å². The minimum Gasteiger partial charge on any atom is -0.335 e. The second kappa shape index (κ2) is 10.8. The Kier molecular flexibility index (Phi) is 9.43. The molecule has 2 rings (SSSR count). The van der Waals surface area contributed by atoms with Crippen molar-refractivity contribution in [3.8, 4) is 0 Å². The molecule has 1 aliphatic heterocycles. The lowest BCUT2D eigenvalue weighted by atomic mass is 10.1. The van der Waals surface area contributed by atoms with E-state index in [4.69, 9.17) is 0 Å². The maximum atomic E-state index is 12.6. The number of thioether (sulfide) groups is 1. The zero-order valence-electron chi connectivity index (χ0n) is 13.0. The third-order valence-electron chi connectivity index (χ3n) is 3.79. The summed E-state index contributed by atoms with van der Waals surface area (Å²) < 4.78 is 0. The van der Waals surface area contributed by atoms with Crippen molar-refractivity contribution >= 4 is 30.1 Å². The largest absolute Gasteiger partial charge is 0.335 e. The predicted molar refractivity (Wildman–Crippen MR) is 93.3 cm³/mol. The van der Waals surface area contributed by atoms with Crippen LogP contribution < -0.4 is 5.32 Å². The Morgan fingerprint density at radius 3 is 2.86 bits per heavy atom. The summed E-state index contributed by atoms with van der Waals surface area (Å²) in [6.07, 6.45) is 11.0. The molecular formula is C15H25ClN4OS. The molecule has 1 aromatic heterocycles. The van der Waals surface area contributed by atoms with E-state index in [1.165, 1.54) is 6.33 Å². The molecule has 2 heterocycles. The second-order valence-electron chi connectivity index (χ2n) is 5.35. The summed E-state index contributed by atoms with van der Waals surface area (Å²) in [5, 5.41) is 3.41. The summed E-state index contributed by atoms with van der Waals surface area (Å²) in [6, 6.07) is 0.328. The number of hydrogen-bond acceptors (Lipinski definition) is 5. The topological polar surface area (TPSA) is 58.1 Å². The van der Waals surface area contributed by atoms with Crippen molar-refractivity contribution in [1.29, 1.82) is 0 Å². The zero-order chi connectivity index (χ0) is 14.9. The first-order valence-electron chi connectivity index (χ1n) is 7.54. The molecule has 0 aliphatic carbocycles. The van der Waals surface area contributed by atoms with E-state index >= 15 is 0 Å². The Bertz CT molecular complexity index is 427. The molecular weight excluding hydrogens is 320 g/mol. The Labute approximate surface area is 143 Å². The molecule has 22 heavy (non-hydrogen) atoms. The van der Waals surface area contributed by atoms with Crippen LogP contribution in [0.3, 0.4) is 0 Å². The van der Waals surface area contributed by atoms with Crippen molar-refractivity contribution in [2.24, 2.45) is 0 Å². The van der Waals surface area contributed by atoms with E-state index in [0.29, 0.717) is 19.0 Å². The molecule has 124 valence electrons. The molecule has 5 nitrogen and oxygen atoms in total. The van der Waals surface area contributed by atoms with Crippen LogP contribution in [-0.2, 0) is 11.3 Å². The molecule has 0 radical (unpaired) electrons. The number of carbonyl (C=O) groups excluding carboxylic acids is 1. The number of nitrogens with zero attached hydrogens (tertiary/aromatic N) is 3. The van der Waals surface area contributed by atoms with Gasteiger partial charge in [-0.3, -0.25) is 4.79 Å². The number of carbonyl (C=O) groups is 1. The van der Waals surface area contributed by atoms with E-state index in [9.17, 15) is 4.79 Å². The highest BCUT2D eigenvalue weighted by Crippen LogP contribution is 2.18. The molecule has 0 saturated carbocycles. The van der Waals surface area contributed by atoms with Crippen LogP contribution in [0.15, 0.2) is 18.7 Å². The fourth-order valence-corrected chi connectivity index (χ4v) is 3.05. The smallest absolute Gasteiger partial charge is 0.223 e. The molecule has 1 N–H and O–H groups in total. The van der Waals surface area contributed by atoms with E-state index in [1.807, 2.05) is 11.2 Å². The third-order valence-corrected chi connectivity index (χ3v) is 4.41. The minimum atomic E-state index is 0. The van der Waals surface area contributed by atoms with Gasteiger partial charge in [-0.05, 0) is 38.6 Å². The van der Waals surface area contributed by atoms with Gasteiger partial charge in [-0.15, -0.1) is 12.4 Å². The molecule has 0 spiro atoms. The number of hydrogen-bond donors (Lipinski definition) is 1. The maximum absolute atomic E-state index is 12.6. The number of rotatable bonds is 6. The fraction of sp³-hybridized carbons (Fsp3) is 0.667. The Morgan fingerprint density at radius 2 is 2.14 bits per heavy atom. The van der Waals surface area contributed by atoms with Crippen LogP contribution in [0, 0.1) is 0 Å². The number of nitrogens with one attached hydrogen (secondary N) is 1. The molecule has 1 saturated heterocycles. The van der Waals surface area contributed by atoms with E-state index in [-0.39, 0.29) is 18.3 Å². The lowest BCUT2D eigenvalue weighted by molar-refractivity contribution is -0.134. The summed E-state index contributed by atoms with van der Waals surface area (Å²) in [5.41, 5.74) is 1.01. The van der Waals surface area contributed by atoms with Gasteiger partial charge in [-0.2, -0.15) is 11.8 Å². The molecule has 1 unspecified atom stereocenters. The summed E-state index contributed by atoms with van der Waals surface area (Å²) in [6.45, 7) is 2.67. The first-order chi connectivity index (χ1) is 10.3. The van der Waals surface area contributed by atoms with Gasteiger partial charge in [-0.1, -0.05) is 0 Å². The van der Waals surface area contributed by atoms with Gasteiger partial charge >= 0.3 is 0 Å². The summed E-state index contributed by atoms with van der Waals surface area (Å²) in [4.78, 5) is 22.7. The van der Waals surface area contributed by atoms with Crippen LogP contribution in [-0.4, -0.2) is 51.9 Å². The fourth-order valence-electron chi connectivity index (χ4n) is 2.67. The van der Waals surface area contributed by atoms with Crippen LogP contribution in [0.2, 0.25) is 0 Å². The van der Waals surface area contributed by atoms with Crippen LogP contribution in [0.25, 0.3) is 0 Å². The molecule has 0 aromatic carbocycles. The average molecular weight is 345 g/mol. The van der Waals surface area contributed by atoms with E-state index in [1.54, 1.807) is 24.2 Å². The Hall–Kier alpha value is -0.850. The number of aromatic nitrogens is 2. The Morgan fingerprint density at radius 1 is 1.36 bits per heavy atom. The van der Waals surface area contributed by atoms with Gasteiger partial charge in [0.05, 0.1) is 0 Å². The lowest BCUT2D eigenvalue weighted by Gasteiger charge is -2.31. The predicted octanol–water partition coefficient (Wildman–Crippen LogP) is 2.12. The van der Waals surface area contributed by atoms with Crippen LogP contribution >= 0.6 is 24.2 Å². The van der Waals surface area contributed by atoms with Crippen molar-refractivity contribution in [3.05, 3.63) is 24.3 Å². The van der Waals surface area contributed by atoms with Crippen molar-refractivity contribution < 1.29 is 4.79 Å². The first kappa shape index (κ1) is 19.2. The van der Waals surface area contributed by atoms with Crippen LogP contribution in [0.1, 0.15) is 31.2 Å². The van der Waals surface area contributed by atoms with Gasteiger partial charge in [-0.25, -0.2) is 9.97 Å². The van der Waals surface area contributed by atoms with E-state index < -0.39 is 0 Å². The summed E-state index contributed by atoms with van der Waals surface area (Å²) >= 11 is 1.72. The molecule has 1 aliphatic rings. The normalized spacial score (nSPS) is 18.1. The summed E-state index contributed by atoms with van der Waals surface area (Å²) in [7, 11) is 0. The SMILES string of the molecule is CSCCC(=O)N(Cc1cncnc1)C1CCCNCC1.Cl. The van der Waals surface area contributed by atoms with Gasteiger partial charge in [0.2, 0.25) is 5.91 Å². The van der Waals surface area contributed by atoms with Crippen LogP contribution in [0.5, 0.6) is 0 Å². The maximum Gasteiger partial charge on any atom is 0.223 e. The standard InChI is InChI=1S/C15H24N4OS.ClH/c1-21-8-5-15(20)19(11-13-9-17-12-18-10-13)14-3-2-6-16-7-4-14;/h9-10,12,14,16H,2-8,11H2,1H3;1H. The lowest BCUT2D eigenvalue weighted by Crippen LogP contribution is -2.40. The van der Waals surface area contributed by atoms with Gasteiger partial charge < -0.3 is 10.2 Å². The van der Waals surface area contributed by atoms with Crippen molar-refractivity contribution in [2.45, 2.75) is 38.3 Å². The van der Waals surface area contributed by atoms with Crippen molar-refractivity contribution in [1.82, 2.24) is 20.2 Å². The minimum absolute atomic E-state index is 0. The molecule has 0 bridgehead atoms. The quantitative estimate of drug-likeness (QED) is 0.856. The van der Waals surface area contributed by atoms with Gasteiger partial charge in [0.25, 0.3) is 0 Å². The average Bonchev–Trinajstić information content (AvgIpc) is 2.80. The molecule has 1 fully saturated rings. The monoisotopic (exact) mass is 344 g/mol. The molecule has 1 atom stereocenters. The summed E-state index contributed by atoms with van der Waals surface area (Å²) in [5.74, 6) is 1.13. The highest BCUT2D eigenvalue weighted by molar-refractivity contribution is 7.98. The second-order valence-corrected chi connectivity index (χ2v) is 6.33. The zero-order valence-corrected chi connectivity index (χ0v) is 14.7. The highest BCUT2D eigenvalue weighted by atomic mass is 35.5. The third kappa shape index (κ3) is 6.10. The number of amides is 1. The molecule has 1 amide bonds. The van der Waals surface area contributed by atoms with Gasteiger partial charge in [0.1, 0.15) is 6.33 Å². The van der Waals surface area contributed by atoms with Crippen molar-refractivity contribution in [3.63, 3.8) is 0 Å². The van der Waals surface area contributed by atoms with Gasteiger partial charge in [0.15, 0.2) is 0 Å². The molecule has 7 heteroatoms. The first-order valence-corrected chi connectivity index (χ1v) is 8.93. The molecule has 1 aromatic rings. The van der Waals surface area contributed by atoms with E-state index in [0.717, 1.165) is 43.7 Å². The highest BCUT2D eigenvalue weighted by Gasteiger charge is 2.24. The number of halogens is 1.